The molecular formula is C12H12BrN3O. The summed E-state index contributed by atoms with van der Waals surface area (Å²) in [7, 11) is 0. The molecule has 0 saturated heterocycles. The smallest absolute Gasteiger partial charge is 0.222 e. The van der Waals surface area contributed by atoms with Crippen molar-refractivity contribution in [2.24, 2.45) is 0 Å². The van der Waals surface area contributed by atoms with Crippen molar-refractivity contribution in [1.82, 2.24) is 9.97 Å². The minimum absolute atomic E-state index is 0.515. The highest BCUT2D eigenvalue weighted by molar-refractivity contribution is 9.10. The Kier molecular flexibility index (Phi) is 3.28. The van der Waals surface area contributed by atoms with Gasteiger partial charge in [0.15, 0.2) is 0 Å². The lowest BCUT2D eigenvalue weighted by atomic mass is 10.3. The molecular weight excluding hydrogens is 282 g/mol. The van der Waals surface area contributed by atoms with E-state index in [4.69, 9.17) is 10.5 Å². The van der Waals surface area contributed by atoms with Crippen LogP contribution in [0.5, 0.6) is 11.6 Å². The molecule has 0 amide bonds. The fraction of sp³-hybridized carbons (Fsp3) is 0.167. The molecule has 0 unspecified atom stereocenters. The lowest BCUT2D eigenvalue weighted by molar-refractivity contribution is 0.456. The molecule has 4 nitrogen and oxygen atoms in total. The summed E-state index contributed by atoms with van der Waals surface area (Å²) in [5.74, 6) is 1.84. The Morgan fingerprint density at radius 3 is 2.71 bits per heavy atom. The largest absolute Gasteiger partial charge is 0.438 e. The van der Waals surface area contributed by atoms with Gasteiger partial charge in [-0.2, -0.15) is 4.98 Å². The number of nitrogens with zero attached hydrogens (tertiary/aromatic N) is 2. The fourth-order valence-corrected chi connectivity index (χ4v) is 1.80. The molecule has 0 saturated carbocycles. The number of hydrogen-bond donors (Lipinski definition) is 1. The molecule has 0 aliphatic heterocycles. The molecule has 5 heteroatoms. The topological polar surface area (TPSA) is 61.0 Å². The van der Waals surface area contributed by atoms with Gasteiger partial charge in [0.1, 0.15) is 11.6 Å². The van der Waals surface area contributed by atoms with Gasteiger partial charge in [0.05, 0.1) is 4.47 Å². The van der Waals surface area contributed by atoms with Gasteiger partial charge in [-0.05, 0) is 41.9 Å². The third-order valence-electron chi connectivity index (χ3n) is 2.15. The summed E-state index contributed by atoms with van der Waals surface area (Å²) >= 11 is 3.38. The van der Waals surface area contributed by atoms with Gasteiger partial charge in [0.2, 0.25) is 5.88 Å². The molecule has 0 atom stereocenters. The van der Waals surface area contributed by atoms with E-state index in [1.165, 1.54) is 0 Å². The van der Waals surface area contributed by atoms with Crippen LogP contribution in [0.2, 0.25) is 0 Å². The second-order valence-electron chi connectivity index (χ2n) is 3.66. The van der Waals surface area contributed by atoms with Gasteiger partial charge in [-0.3, -0.25) is 0 Å². The van der Waals surface area contributed by atoms with E-state index in [0.717, 1.165) is 10.2 Å². The third kappa shape index (κ3) is 2.74. The van der Waals surface area contributed by atoms with E-state index >= 15 is 0 Å². The van der Waals surface area contributed by atoms with Crippen LogP contribution in [0.3, 0.4) is 0 Å². The van der Waals surface area contributed by atoms with E-state index in [9.17, 15) is 0 Å². The SMILES string of the molecule is Cc1cc(Oc2cccc(N)c2Br)nc(C)n1. The Labute approximate surface area is 108 Å². The molecule has 1 aromatic carbocycles. The Hall–Kier alpha value is -1.62. The van der Waals surface area contributed by atoms with Gasteiger partial charge < -0.3 is 10.5 Å². The Bertz CT molecular complexity index is 537. The zero-order valence-corrected chi connectivity index (χ0v) is 11.2. The first-order valence-electron chi connectivity index (χ1n) is 5.10. The summed E-state index contributed by atoms with van der Waals surface area (Å²) in [4.78, 5) is 8.39. The van der Waals surface area contributed by atoms with Gasteiger partial charge in [-0.1, -0.05) is 6.07 Å². The highest BCUT2D eigenvalue weighted by Gasteiger charge is 2.07. The van der Waals surface area contributed by atoms with E-state index in [2.05, 4.69) is 25.9 Å². The van der Waals surface area contributed by atoms with Crippen molar-refractivity contribution in [2.75, 3.05) is 5.73 Å². The third-order valence-corrected chi connectivity index (χ3v) is 3.00. The van der Waals surface area contributed by atoms with Gasteiger partial charge in [0.25, 0.3) is 0 Å². The van der Waals surface area contributed by atoms with Crippen molar-refractivity contribution < 1.29 is 4.74 Å². The molecule has 2 rings (SSSR count). The molecule has 0 bridgehead atoms. The number of hydrogen-bond acceptors (Lipinski definition) is 4. The average molecular weight is 294 g/mol. The monoisotopic (exact) mass is 293 g/mol. The summed E-state index contributed by atoms with van der Waals surface area (Å²) in [6.07, 6.45) is 0. The summed E-state index contributed by atoms with van der Waals surface area (Å²) in [6.45, 7) is 3.73. The molecule has 2 aromatic rings. The second kappa shape index (κ2) is 4.71. The number of halogens is 1. The molecule has 0 aliphatic rings. The predicted molar refractivity (Wildman–Crippen MR) is 70.1 cm³/mol. The number of nitrogens with two attached hydrogens (primary N) is 1. The molecule has 1 heterocycles. The van der Waals surface area contributed by atoms with Crippen molar-refractivity contribution >= 4 is 21.6 Å². The molecule has 88 valence electrons. The number of aryl methyl sites for hydroxylation is 2. The van der Waals surface area contributed by atoms with Crippen LogP contribution in [-0.4, -0.2) is 9.97 Å². The van der Waals surface area contributed by atoms with Crippen LogP contribution >= 0.6 is 15.9 Å². The highest BCUT2D eigenvalue weighted by atomic mass is 79.9. The molecule has 2 N–H and O–H groups in total. The molecule has 0 aliphatic carbocycles. The Balaban J connectivity index is 2.34. The van der Waals surface area contributed by atoms with Gasteiger partial charge in [-0.15, -0.1) is 0 Å². The van der Waals surface area contributed by atoms with Crippen LogP contribution in [0.1, 0.15) is 11.5 Å². The van der Waals surface area contributed by atoms with E-state index in [-0.39, 0.29) is 0 Å². The number of ether oxygens (including phenoxy) is 1. The summed E-state index contributed by atoms with van der Waals surface area (Å²) < 4.78 is 6.40. The van der Waals surface area contributed by atoms with Crippen molar-refractivity contribution in [1.29, 1.82) is 0 Å². The van der Waals surface area contributed by atoms with Crippen molar-refractivity contribution in [3.8, 4) is 11.6 Å². The molecule has 0 fully saturated rings. The first-order valence-corrected chi connectivity index (χ1v) is 5.89. The minimum Gasteiger partial charge on any atom is -0.438 e. The van der Waals surface area contributed by atoms with Crippen LogP contribution in [0.15, 0.2) is 28.7 Å². The summed E-state index contributed by atoms with van der Waals surface area (Å²) in [5.41, 5.74) is 7.27. The van der Waals surface area contributed by atoms with Crippen LogP contribution in [0.4, 0.5) is 5.69 Å². The van der Waals surface area contributed by atoms with Crippen LogP contribution in [0, 0.1) is 13.8 Å². The summed E-state index contributed by atoms with van der Waals surface area (Å²) in [5, 5.41) is 0. The van der Waals surface area contributed by atoms with E-state index < -0.39 is 0 Å². The molecule has 1 aromatic heterocycles. The van der Waals surface area contributed by atoms with Crippen molar-refractivity contribution in [3.05, 3.63) is 40.3 Å². The van der Waals surface area contributed by atoms with Crippen LogP contribution < -0.4 is 10.5 Å². The standard InChI is InChI=1S/C12H12BrN3O/c1-7-6-11(16-8(2)15-7)17-10-5-3-4-9(14)12(10)13/h3-6H,14H2,1-2H3. The lowest BCUT2D eigenvalue weighted by Crippen LogP contribution is -1.96. The number of anilines is 1. The molecule has 0 radical (unpaired) electrons. The van der Waals surface area contributed by atoms with Gasteiger partial charge >= 0.3 is 0 Å². The zero-order valence-electron chi connectivity index (χ0n) is 9.57. The maximum Gasteiger partial charge on any atom is 0.222 e. The minimum atomic E-state index is 0.515. The van der Waals surface area contributed by atoms with Crippen LogP contribution in [-0.2, 0) is 0 Å². The van der Waals surface area contributed by atoms with Gasteiger partial charge in [0, 0.05) is 17.4 Å². The predicted octanol–water partition coefficient (Wildman–Crippen LogP) is 3.23. The first kappa shape index (κ1) is 11.9. The summed E-state index contributed by atoms with van der Waals surface area (Å²) in [6, 6.07) is 7.24. The normalized spacial score (nSPS) is 10.3. The Morgan fingerprint density at radius 1 is 1.24 bits per heavy atom. The Morgan fingerprint density at radius 2 is 2.00 bits per heavy atom. The number of benzene rings is 1. The molecule has 17 heavy (non-hydrogen) atoms. The average Bonchev–Trinajstić information content (AvgIpc) is 2.23. The maximum absolute atomic E-state index is 5.77. The van der Waals surface area contributed by atoms with E-state index in [1.807, 2.05) is 26.0 Å². The fourth-order valence-electron chi connectivity index (χ4n) is 1.45. The lowest BCUT2D eigenvalue weighted by Gasteiger charge is -2.09. The second-order valence-corrected chi connectivity index (χ2v) is 4.45. The van der Waals surface area contributed by atoms with E-state index in [1.54, 1.807) is 12.1 Å². The van der Waals surface area contributed by atoms with Crippen LogP contribution in [0.25, 0.3) is 0 Å². The molecule has 0 spiro atoms. The van der Waals surface area contributed by atoms with Crippen molar-refractivity contribution in [2.45, 2.75) is 13.8 Å². The zero-order chi connectivity index (χ0) is 12.4. The van der Waals surface area contributed by atoms with Crippen molar-refractivity contribution in [3.63, 3.8) is 0 Å². The first-order chi connectivity index (χ1) is 8.06. The number of nitrogen functional groups attached to an aromatic ring is 1. The van der Waals surface area contributed by atoms with Gasteiger partial charge in [-0.25, -0.2) is 4.98 Å². The quantitative estimate of drug-likeness (QED) is 0.864. The van der Waals surface area contributed by atoms with E-state index in [0.29, 0.717) is 23.1 Å². The maximum atomic E-state index is 5.77. The number of rotatable bonds is 2. The number of aromatic nitrogens is 2. The highest BCUT2D eigenvalue weighted by Crippen LogP contribution is 2.33.